The van der Waals surface area contributed by atoms with Crippen molar-refractivity contribution >= 4 is 5.97 Å². The third-order valence-electron chi connectivity index (χ3n) is 3.03. The quantitative estimate of drug-likeness (QED) is 0.729. The van der Waals surface area contributed by atoms with Crippen molar-refractivity contribution in [3.63, 3.8) is 0 Å². The minimum absolute atomic E-state index is 0.00983. The predicted octanol–water partition coefficient (Wildman–Crippen LogP) is 0.248. The van der Waals surface area contributed by atoms with Gasteiger partial charge < -0.3 is 10.0 Å². The Labute approximate surface area is 113 Å². The summed E-state index contributed by atoms with van der Waals surface area (Å²) in [6, 6.07) is 0.447. The van der Waals surface area contributed by atoms with Crippen LogP contribution in [0.4, 0.5) is 0 Å². The number of carboxylic acids is 1. The Morgan fingerprint density at radius 3 is 2.68 bits per heavy atom. The van der Waals surface area contributed by atoms with Gasteiger partial charge in [0.25, 0.3) is 0 Å². The maximum absolute atomic E-state index is 10.7. The fraction of sp³-hybridized carbons (Fsp3) is 0.750. The van der Waals surface area contributed by atoms with E-state index in [1.54, 1.807) is 4.68 Å². The van der Waals surface area contributed by atoms with Gasteiger partial charge in [0.15, 0.2) is 5.69 Å². The number of aromatic carboxylic acids is 1. The number of likely N-dealkylation sites (N-methyl/N-ethyl adjacent to an activating group) is 2. The first kappa shape index (κ1) is 15.6. The molecule has 0 aliphatic carbocycles. The Bertz CT molecular complexity index is 405. The molecule has 0 bridgehead atoms. The Morgan fingerprint density at radius 1 is 1.53 bits per heavy atom. The lowest BCUT2D eigenvalue weighted by Gasteiger charge is -2.29. The van der Waals surface area contributed by atoms with E-state index in [0.29, 0.717) is 12.6 Å². The normalized spacial score (nSPS) is 13.2. The van der Waals surface area contributed by atoms with Gasteiger partial charge in [0.05, 0.1) is 12.7 Å². The van der Waals surface area contributed by atoms with Gasteiger partial charge in [-0.05, 0) is 27.6 Å². The molecule has 1 N–H and O–H groups in total. The van der Waals surface area contributed by atoms with Crippen LogP contribution in [0.25, 0.3) is 0 Å². The Kier molecular flexibility index (Phi) is 5.91. The fourth-order valence-electron chi connectivity index (χ4n) is 2.07. The molecule has 1 aromatic heterocycles. The molecule has 1 rings (SSSR count). The Hall–Kier alpha value is -1.47. The van der Waals surface area contributed by atoms with Crippen LogP contribution in [0.3, 0.4) is 0 Å². The molecule has 0 fully saturated rings. The zero-order valence-corrected chi connectivity index (χ0v) is 12.1. The molecule has 7 heteroatoms. The molecule has 1 heterocycles. The van der Waals surface area contributed by atoms with Crippen molar-refractivity contribution in [2.45, 2.75) is 26.4 Å². The highest BCUT2D eigenvalue weighted by Gasteiger charge is 2.14. The van der Waals surface area contributed by atoms with Crippen LogP contribution in [0.1, 0.15) is 24.3 Å². The summed E-state index contributed by atoms with van der Waals surface area (Å²) in [6.45, 7) is 7.73. The summed E-state index contributed by atoms with van der Waals surface area (Å²) in [4.78, 5) is 15.2. The van der Waals surface area contributed by atoms with Gasteiger partial charge in [-0.1, -0.05) is 12.1 Å². The monoisotopic (exact) mass is 269 g/mol. The molecule has 108 valence electrons. The average molecular weight is 269 g/mol. The van der Waals surface area contributed by atoms with Crippen LogP contribution < -0.4 is 0 Å². The smallest absolute Gasteiger partial charge is 0.358 e. The van der Waals surface area contributed by atoms with Crippen LogP contribution in [0.15, 0.2) is 6.20 Å². The lowest BCUT2D eigenvalue weighted by atomic mass is 10.2. The van der Waals surface area contributed by atoms with E-state index >= 15 is 0 Å². The second-order valence-electron chi connectivity index (χ2n) is 4.91. The number of hydrogen-bond donors (Lipinski definition) is 1. The molecule has 0 amide bonds. The van der Waals surface area contributed by atoms with E-state index in [1.165, 1.54) is 6.20 Å². The largest absolute Gasteiger partial charge is 0.476 e. The van der Waals surface area contributed by atoms with Crippen LogP contribution in [-0.2, 0) is 6.54 Å². The molecule has 0 aliphatic rings. The van der Waals surface area contributed by atoms with Gasteiger partial charge >= 0.3 is 5.97 Å². The molecule has 0 saturated carbocycles. The van der Waals surface area contributed by atoms with E-state index in [-0.39, 0.29) is 5.69 Å². The van der Waals surface area contributed by atoms with Gasteiger partial charge in [0, 0.05) is 19.1 Å². The van der Waals surface area contributed by atoms with E-state index < -0.39 is 5.97 Å². The van der Waals surface area contributed by atoms with Crippen molar-refractivity contribution in [2.75, 3.05) is 33.7 Å². The topological polar surface area (TPSA) is 74.5 Å². The van der Waals surface area contributed by atoms with Crippen molar-refractivity contribution in [1.82, 2.24) is 24.8 Å². The number of nitrogens with zero attached hydrogens (tertiary/aromatic N) is 5. The van der Waals surface area contributed by atoms with Gasteiger partial charge in [0.1, 0.15) is 0 Å². The fourth-order valence-corrected chi connectivity index (χ4v) is 2.07. The summed E-state index contributed by atoms with van der Waals surface area (Å²) in [5.74, 6) is -1.04. The highest BCUT2D eigenvalue weighted by Crippen LogP contribution is 2.01. The van der Waals surface area contributed by atoms with Crippen molar-refractivity contribution in [3.8, 4) is 0 Å². The zero-order valence-electron chi connectivity index (χ0n) is 12.1. The second kappa shape index (κ2) is 7.20. The molecule has 7 nitrogen and oxygen atoms in total. The molecule has 1 atom stereocenters. The summed E-state index contributed by atoms with van der Waals surface area (Å²) in [5, 5.41) is 16.2. The van der Waals surface area contributed by atoms with Crippen LogP contribution in [0.5, 0.6) is 0 Å². The molecular weight excluding hydrogens is 246 g/mol. The third kappa shape index (κ3) is 4.96. The van der Waals surface area contributed by atoms with Crippen molar-refractivity contribution in [1.29, 1.82) is 0 Å². The van der Waals surface area contributed by atoms with E-state index in [1.807, 2.05) is 0 Å². The summed E-state index contributed by atoms with van der Waals surface area (Å²) < 4.78 is 1.58. The summed E-state index contributed by atoms with van der Waals surface area (Å²) in [7, 11) is 4.11. The summed E-state index contributed by atoms with van der Waals surface area (Å²) in [6.07, 6.45) is 1.47. The lowest BCUT2D eigenvalue weighted by Crippen LogP contribution is -2.41. The van der Waals surface area contributed by atoms with Crippen LogP contribution >= 0.6 is 0 Å². The molecule has 0 saturated heterocycles. The number of aromatic nitrogens is 3. The first-order valence-corrected chi connectivity index (χ1v) is 6.46. The second-order valence-corrected chi connectivity index (χ2v) is 4.91. The third-order valence-corrected chi connectivity index (χ3v) is 3.03. The highest BCUT2D eigenvalue weighted by molar-refractivity contribution is 5.84. The van der Waals surface area contributed by atoms with E-state index in [2.05, 4.69) is 48.1 Å². The van der Waals surface area contributed by atoms with Gasteiger partial charge in [-0.3, -0.25) is 9.58 Å². The molecule has 1 aromatic rings. The first-order chi connectivity index (χ1) is 8.93. The van der Waals surface area contributed by atoms with Crippen molar-refractivity contribution in [2.24, 2.45) is 0 Å². The molecule has 0 radical (unpaired) electrons. The van der Waals surface area contributed by atoms with Gasteiger partial charge in [0.2, 0.25) is 0 Å². The lowest BCUT2D eigenvalue weighted by molar-refractivity contribution is 0.0690. The molecule has 0 aliphatic heterocycles. The molecule has 1 unspecified atom stereocenters. The van der Waals surface area contributed by atoms with E-state index in [0.717, 1.165) is 19.6 Å². The van der Waals surface area contributed by atoms with Crippen molar-refractivity contribution < 1.29 is 9.90 Å². The maximum Gasteiger partial charge on any atom is 0.358 e. The van der Waals surface area contributed by atoms with Gasteiger partial charge in [-0.15, -0.1) is 5.10 Å². The summed E-state index contributed by atoms with van der Waals surface area (Å²) in [5.41, 5.74) is -0.00983. The Morgan fingerprint density at radius 2 is 2.21 bits per heavy atom. The average Bonchev–Trinajstić information content (AvgIpc) is 2.77. The maximum atomic E-state index is 10.7. The summed E-state index contributed by atoms with van der Waals surface area (Å²) >= 11 is 0. The van der Waals surface area contributed by atoms with E-state index in [9.17, 15) is 4.79 Å². The minimum Gasteiger partial charge on any atom is -0.476 e. The number of hydrogen-bond acceptors (Lipinski definition) is 5. The standard InChI is InChI=1S/C12H23N5O2/c1-5-16(10(2)8-15(3)4)6-7-17-9-11(12(18)19)13-14-17/h9-10H,5-8H2,1-4H3,(H,18,19). The Balaban J connectivity index is 2.50. The SMILES string of the molecule is CCN(CCn1cc(C(=O)O)nn1)C(C)CN(C)C. The predicted molar refractivity (Wildman–Crippen MR) is 72.2 cm³/mol. The van der Waals surface area contributed by atoms with Gasteiger partial charge in [-0.2, -0.15) is 0 Å². The molecule has 0 spiro atoms. The van der Waals surface area contributed by atoms with Crippen LogP contribution in [0.2, 0.25) is 0 Å². The molecule has 0 aromatic carbocycles. The molecule has 19 heavy (non-hydrogen) atoms. The van der Waals surface area contributed by atoms with Crippen LogP contribution in [-0.4, -0.2) is 75.6 Å². The van der Waals surface area contributed by atoms with Gasteiger partial charge in [-0.25, -0.2) is 4.79 Å². The number of carbonyl (C=O) groups is 1. The minimum atomic E-state index is -1.04. The van der Waals surface area contributed by atoms with Crippen molar-refractivity contribution in [3.05, 3.63) is 11.9 Å². The zero-order chi connectivity index (χ0) is 14.4. The number of carboxylic acid groups (broad SMARTS) is 1. The van der Waals surface area contributed by atoms with Crippen LogP contribution in [0, 0.1) is 0 Å². The number of rotatable bonds is 8. The molecular formula is C12H23N5O2. The highest BCUT2D eigenvalue weighted by atomic mass is 16.4. The first-order valence-electron chi connectivity index (χ1n) is 6.46. The van der Waals surface area contributed by atoms with E-state index in [4.69, 9.17) is 5.11 Å².